The fourth-order valence-electron chi connectivity index (χ4n) is 2.42. The topological polar surface area (TPSA) is 76.6 Å². The zero-order valence-electron chi connectivity index (χ0n) is 12.6. The zero-order valence-corrected chi connectivity index (χ0v) is 14.3. The van der Waals surface area contributed by atoms with Crippen LogP contribution in [0.25, 0.3) is 0 Å². The molecule has 1 aliphatic heterocycles. The Bertz CT molecular complexity index is 631. The Morgan fingerprint density at radius 3 is 2.67 bits per heavy atom. The number of methoxy groups -OCH3 is 1. The highest BCUT2D eigenvalue weighted by molar-refractivity contribution is 7.91. The van der Waals surface area contributed by atoms with Gasteiger partial charge in [-0.25, -0.2) is 18.2 Å². The Morgan fingerprint density at radius 1 is 1.48 bits per heavy atom. The number of ether oxygens (including phenoxy) is 1. The van der Waals surface area contributed by atoms with Crippen LogP contribution in [0.3, 0.4) is 0 Å². The molecule has 0 spiro atoms. The molecule has 1 aromatic heterocycles. The Kier molecular flexibility index (Phi) is 4.41. The Morgan fingerprint density at radius 2 is 2.14 bits per heavy atom. The first-order valence-corrected chi connectivity index (χ1v) is 9.02. The molecule has 1 aliphatic rings. The van der Waals surface area contributed by atoms with E-state index in [1.54, 1.807) is 0 Å². The van der Waals surface area contributed by atoms with Gasteiger partial charge in [0.1, 0.15) is 0 Å². The molecule has 21 heavy (non-hydrogen) atoms. The number of carbonyl (C=O) groups excluding carboxylic acids is 1. The molecule has 2 rings (SSSR count). The second-order valence-corrected chi connectivity index (χ2v) is 9.18. The van der Waals surface area contributed by atoms with Crippen molar-refractivity contribution in [2.45, 2.75) is 31.4 Å². The lowest BCUT2D eigenvalue weighted by molar-refractivity contribution is 0.0590. The van der Waals surface area contributed by atoms with Crippen molar-refractivity contribution < 1.29 is 17.9 Å². The lowest BCUT2D eigenvalue weighted by Crippen LogP contribution is -2.31. The number of nitrogens with zero attached hydrogens (tertiary/aromatic N) is 2. The predicted molar refractivity (Wildman–Crippen MR) is 79.8 cm³/mol. The maximum Gasteiger partial charge on any atom is 0.358 e. The highest BCUT2D eigenvalue weighted by atomic mass is 32.2. The number of hydrogen-bond acceptors (Lipinski definition) is 6. The molecule has 0 radical (unpaired) electrons. The van der Waals surface area contributed by atoms with E-state index in [4.69, 9.17) is 0 Å². The third-order valence-electron chi connectivity index (χ3n) is 3.86. The van der Waals surface area contributed by atoms with Crippen molar-refractivity contribution in [3.05, 3.63) is 11.2 Å². The first-order chi connectivity index (χ1) is 9.67. The molecule has 118 valence electrons. The van der Waals surface area contributed by atoms with Crippen molar-refractivity contribution >= 4 is 27.3 Å². The molecule has 1 saturated heterocycles. The van der Waals surface area contributed by atoms with E-state index < -0.39 is 16.0 Å². The second-order valence-electron chi connectivity index (χ2n) is 6.19. The number of sulfonamides is 1. The quantitative estimate of drug-likeness (QED) is 0.791. The van der Waals surface area contributed by atoms with Gasteiger partial charge in [0.25, 0.3) is 10.0 Å². The van der Waals surface area contributed by atoms with E-state index in [1.165, 1.54) is 16.9 Å². The first kappa shape index (κ1) is 16.4. The van der Waals surface area contributed by atoms with Gasteiger partial charge in [-0.15, -0.1) is 11.3 Å². The zero-order chi connectivity index (χ0) is 15.8. The summed E-state index contributed by atoms with van der Waals surface area (Å²) in [5, 5.41) is 0. The van der Waals surface area contributed by atoms with Crippen LogP contribution in [-0.4, -0.2) is 43.9 Å². The minimum absolute atomic E-state index is 0.0242. The van der Waals surface area contributed by atoms with Gasteiger partial charge < -0.3 is 4.74 Å². The van der Waals surface area contributed by atoms with Crippen LogP contribution in [0.1, 0.15) is 37.7 Å². The van der Waals surface area contributed by atoms with Crippen LogP contribution in [0.15, 0.2) is 9.72 Å². The van der Waals surface area contributed by atoms with Crippen molar-refractivity contribution in [2.24, 2.45) is 11.3 Å². The number of aromatic nitrogens is 1. The van der Waals surface area contributed by atoms with Crippen LogP contribution in [-0.2, 0) is 14.8 Å². The van der Waals surface area contributed by atoms with Gasteiger partial charge >= 0.3 is 5.97 Å². The summed E-state index contributed by atoms with van der Waals surface area (Å²) in [6.45, 7) is 7.29. The van der Waals surface area contributed by atoms with Gasteiger partial charge in [0.2, 0.25) is 0 Å². The summed E-state index contributed by atoms with van der Waals surface area (Å²) < 4.78 is 31.4. The predicted octanol–water partition coefficient (Wildman–Crippen LogP) is 1.99. The molecule has 0 bridgehead atoms. The Balaban J connectivity index is 2.29. The molecule has 8 heteroatoms. The van der Waals surface area contributed by atoms with Gasteiger partial charge in [0.15, 0.2) is 9.90 Å². The van der Waals surface area contributed by atoms with Crippen LogP contribution in [0, 0.1) is 11.3 Å². The molecule has 1 atom stereocenters. The van der Waals surface area contributed by atoms with Gasteiger partial charge in [0, 0.05) is 13.1 Å². The molecule has 0 amide bonds. The number of thiazole rings is 1. The van der Waals surface area contributed by atoms with Crippen LogP contribution >= 0.6 is 11.3 Å². The molecule has 1 fully saturated rings. The van der Waals surface area contributed by atoms with Gasteiger partial charge in [-0.2, -0.15) is 4.31 Å². The average Bonchev–Trinajstić information content (AvgIpc) is 3.05. The monoisotopic (exact) mass is 332 g/mol. The standard InChI is InChI=1S/C13H20N2O4S2/c1-13(2,3)9-5-6-15(7-9)21(17,18)12-10(11(16)19-4)14-8-20-12/h8-9H,5-7H2,1-4H3. The van der Waals surface area contributed by atoms with Crippen LogP contribution in [0.5, 0.6) is 0 Å². The van der Waals surface area contributed by atoms with Crippen LogP contribution < -0.4 is 0 Å². The third-order valence-corrected chi connectivity index (χ3v) is 7.08. The van der Waals surface area contributed by atoms with E-state index in [2.05, 4.69) is 30.5 Å². The highest BCUT2D eigenvalue weighted by Gasteiger charge is 2.40. The highest BCUT2D eigenvalue weighted by Crippen LogP contribution is 2.36. The molecular weight excluding hydrogens is 312 g/mol. The average molecular weight is 332 g/mol. The van der Waals surface area contributed by atoms with E-state index in [0.29, 0.717) is 19.0 Å². The number of carbonyl (C=O) groups is 1. The van der Waals surface area contributed by atoms with E-state index in [0.717, 1.165) is 17.8 Å². The van der Waals surface area contributed by atoms with Crippen molar-refractivity contribution in [1.29, 1.82) is 0 Å². The molecule has 1 unspecified atom stereocenters. The third kappa shape index (κ3) is 3.12. The van der Waals surface area contributed by atoms with Crippen molar-refractivity contribution in [1.82, 2.24) is 9.29 Å². The van der Waals surface area contributed by atoms with E-state index in [-0.39, 0.29) is 15.3 Å². The molecule has 0 saturated carbocycles. The largest absolute Gasteiger partial charge is 0.464 e. The minimum atomic E-state index is -3.69. The SMILES string of the molecule is COC(=O)c1ncsc1S(=O)(=O)N1CCC(C(C)(C)C)C1. The molecule has 0 N–H and O–H groups in total. The normalized spacial score (nSPS) is 20.7. The fourth-order valence-corrected chi connectivity index (χ4v) is 5.19. The molecular formula is C13H20N2O4S2. The molecule has 6 nitrogen and oxygen atoms in total. The number of rotatable bonds is 3. The van der Waals surface area contributed by atoms with Crippen molar-refractivity contribution in [2.75, 3.05) is 20.2 Å². The van der Waals surface area contributed by atoms with Gasteiger partial charge in [-0.05, 0) is 17.8 Å². The molecule has 0 aliphatic carbocycles. The maximum absolute atomic E-state index is 12.7. The van der Waals surface area contributed by atoms with Crippen molar-refractivity contribution in [3.8, 4) is 0 Å². The number of hydrogen-bond donors (Lipinski definition) is 0. The smallest absolute Gasteiger partial charge is 0.358 e. The van der Waals surface area contributed by atoms with Gasteiger partial charge in [-0.3, -0.25) is 0 Å². The maximum atomic E-state index is 12.7. The molecule has 2 heterocycles. The minimum Gasteiger partial charge on any atom is -0.464 e. The van der Waals surface area contributed by atoms with Crippen LogP contribution in [0.4, 0.5) is 0 Å². The summed E-state index contributed by atoms with van der Waals surface area (Å²) in [4.78, 5) is 15.5. The second kappa shape index (κ2) is 5.66. The summed E-state index contributed by atoms with van der Waals surface area (Å²) in [7, 11) is -2.47. The lowest BCUT2D eigenvalue weighted by Gasteiger charge is -2.26. The molecule has 1 aromatic rings. The lowest BCUT2D eigenvalue weighted by atomic mass is 9.80. The van der Waals surface area contributed by atoms with Crippen LogP contribution in [0.2, 0.25) is 0 Å². The Labute approximate surface area is 129 Å². The summed E-state index contributed by atoms with van der Waals surface area (Å²) in [6.07, 6.45) is 0.828. The summed E-state index contributed by atoms with van der Waals surface area (Å²) in [5.74, 6) is -0.414. The Hall–Kier alpha value is -0.990. The van der Waals surface area contributed by atoms with Crippen molar-refractivity contribution in [3.63, 3.8) is 0 Å². The summed E-state index contributed by atoms with van der Waals surface area (Å²) in [5.41, 5.74) is 1.29. The van der Waals surface area contributed by atoms with E-state index >= 15 is 0 Å². The summed E-state index contributed by atoms with van der Waals surface area (Å²) in [6, 6.07) is 0. The van der Waals surface area contributed by atoms with Gasteiger partial charge in [-0.1, -0.05) is 20.8 Å². The molecule has 0 aromatic carbocycles. The first-order valence-electron chi connectivity index (χ1n) is 6.70. The summed E-state index contributed by atoms with van der Waals surface area (Å²) >= 11 is 0.954. The number of esters is 1. The van der Waals surface area contributed by atoms with E-state index in [9.17, 15) is 13.2 Å². The van der Waals surface area contributed by atoms with Gasteiger partial charge in [0.05, 0.1) is 12.6 Å². The fraction of sp³-hybridized carbons (Fsp3) is 0.692. The van der Waals surface area contributed by atoms with E-state index in [1.807, 2.05) is 0 Å².